The first-order valence-corrected chi connectivity index (χ1v) is 12.0. The number of aromatic hydroxyl groups is 1. The maximum Gasteiger partial charge on any atom is 0.265 e. The zero-order valence-corrected chi connectivity index (χ0v) is 20.2. The molecule has 0 aliphatic carbocycles. The first-order valence-electron chi connectivity index (χ1n) is 12.0. The predicted octanol–water partition coefficient (Wildman–Crippen LogP) is -0.741. The van der Waals surface area contributed by atoms with Gasteiger partial charge in [0.05, 0.1) is 11.9 Å². The topological polar surface area (TPSA) is 96.2 Å². The number of phenols is 1. The van der Waals surface area contributed by atoms with E-state index in [0.29, 0.717) is 34.9 Å². The van der Waals surface area contributed by atoms with Crippen molar-refractivity contribution >= 4 is 29.4 Å². The van der Waals surface area contributed by atoms with Gasteiger partial charge in [0.2, 0.25) is 0 Å². The maximum atomic E-state index is 12.5. The van der Waals surface area contributed by atoms with Gasteiger partial charge in [0.1, 0.15) is 29.3 Å². The molecule has 5 rings (SSSR count). The van der Waals surface area contributed by atoms with Gasteiger partial charge in [-0.05, 0) is 60.7 Å². The molecule has 1 aromatic carbocycles. The van der Waals surface area contributed by atoms with Gasteiger partial charge in [0.25, 0.3) is 5.56 Å². The number of piperidine rings is 1. The standard InChI is InChI=1S/C23H29B3N6O2/c1-31(17-10-15-3-4-16(11-17)28-15)21-7-6-19(29-30-21)18-5-2-13(8-20(18)33)14-9-22(34)32(27-12-14)23(24,25)26/h2,5-9,12,15-17,28,33H,3-4,10-11,24-26H2,1H3/t15-,16?,17-/m1/s1. The monoisotopic (exact) mass is 454 g/mol. The van der Waals surface area contributed by atoms with Crippen LogP contribution in [0.3, 0.4) is 0 Å². The fraction of sp³-hybridized carbons (Fsp3) is 0.391. The van der Waals surface area contributed by atoms with Gasteiger partial charge in [0.15, 0.2) is 5.82 Å². The Labute approximate surface area is 202 Å². The number of anilines is 1. The summed E-state index contributed by atoms with van der Waals surface area (Å²) in [7, 11) is 7.89. The third-order valence-corrected chi connectivity index (χ3v) is 7.05. The van der Waals surface area contributed by atoms with Gasteiger partial charge in [-0.3, -0.25) is 4.79 Å². The molecule has 3 atom stereocenters. The molecule has 0 spiro atoms. The molecule has 0 saturated carbocycles. The van der Waals surface area contributed by atoms with Crippen molar-refractivity contribution in [3.05, 3.63) is 52.9 Å². The summed E-state index contributed by atoms with van der Waals surface area (Å²) in [5.41, 5.74) is 2.40. The van der Waals surface area contributed by atoms with Gasteiger partial charge < -0.3 is 15.3 Å². The number of hydrogen-bond acceptors (Lipinski definition) is 7. The zero-order valence-electron chi connectivity index (χ0n) is 20.2. The highest BCUT2D eigenvalue weighted by Crippen LogP contribution is 2.34. The van der Waals surface area contributed by atoms with Crippen molar-refractivity contribution in [3.8, 4) is 28.1 Å². The number of nitrogens with one attached hydrogen (secondary N) is 1. The summed E-state index contributed by atoms with van der Waals surface area (Å²) in [4.78, 5) is 14.7. The van der Waals surface area contributed by atoms with Crippen LogP contribution in [0.1, 0.15) is 25.7 Å². The molecular formula is C23H29B3N6O2. The number of aromatic nitrogens is 4. The van der Waals surface area contributed by atoms with E-state index in [9.17, 15) is 9.90 Å². The lowest BCUT2D eigenvalue weighted by Crippen LogP contribution is -2.47. The number of benzene rings is 1. The van der Waals surface area contributed by atoms with Crippen LogP contribution in [0.5, 0.6) is 5.75 Å². The van der Waals surface area contributed by atoms with E-state index in [2.05, 4.69) is 32.6 Å². The molecule has 0 radical (unpaired) electrons. The molecule has 2 saturated heterocycles. The summed E-state index contributed by atoms with van der Waals surface area (Å²) in [6, 6.07) is 12.4. The summed E-state index contributed by atoms with van der Waals surface area (Å²) in [5, 5.41) is 27.2. The Morgan fingerprint density at radius 2 is 1.79 bits per heavy atom. The SMILES string of the molecule is BC(B)(B)n1ncc(-c2ccc(-c3ccc(N(C)[C@H]4CC5CC[C@H](C4)N5)nn3)c(O)c2)cc1=O. The zero-order chi connectivity index (χ0) is 24.0. The molecule has 2 aromatic heterocycles. The van der Waals surface area contributed by atoms with E-state index in [-0.39, 0.29) is 11.3 Å². The minimum Gasteiger partial charge on any atom is -0.507 e. The van der Waals surface area contributed by atoms with Crippen molar-refractivity contribution in [1.82, 2.24) is 25.3 Å². The summed E-state index contributed by atoms with van der Waals surface area (Å²) in [6.45, 7) is 0. The average Bonchev–Trinajstić information content (AvgIpc) is 3.15. The molecule has 172 valence electrons. The van der Waals surface area contributed by atoms with E-state index in [4.69, 9.17) is 0 Å². The molecule has 2 fully saturated rings. The van der Waals surface area contributed by atoms with Crippen molar-refractivity contribution in [2.45, 2.75) is 49.0 Å². The quantitative estimate of drug-likeness (QED) is 0.491. The van der Waals surface area contributed by atoms with Gasteiger partial charge in [0, 0.05) is 42.4 Å². The van der Waals surface area contributed by atoms with Crippen molar-refractivity contribution in [2.24, 2.45) is 0 Å². The molecule has 3 aromatic rings. The third-order valence-electron chi connectivity index (χ3n) is 7.05. The second-order valence-corrected chi connectivity index (χ2v) is 10.5. The minimum absolute atomic E-state index is 0.0860. The fourth-order valence-corrected chi connectivity index (χ4v) is 5.19. The van der Waals surface area contributed by atoms with Gasteiger partial charge >= 0.3 is 0 Å². The molecular weight excluding hydrogens is 425 g/mol. The molecule has 2 aliphatic heterocycles. The number of fused-ring (bicyclic) bond motifs is 2. The smallest absolute Gasteiger partial charge is 0.265 e. The Balaban J connectivity index is 1.35. The van der Waals surface area contributed by atoms with Crippen molar-refractivity contribution in [1.29, 1.82) is 0 Å². The van der Waals surface area contributed by atoms with E-state index in [1.807, 2.05) is 41.7 Å². The Morgan fingerprint density at radius 1 is 1.06 bits per heavy atom. The van der Waals surface area contributed by atoms with Crippen LogP contribution in [0.25, 0.3) is 22.4 Å². The van der Waals surface area contributed by atoms with Gasteiger partial charge in [-0.2, -0.15) is 5.10 Å². The van der Waals surface area contributed by atoms with E-state index in [1.54, 1.807) is 24.4 Å². The van der Waals surface area contributed by atoms with Gasteiger partial charge in [-0.1, -0.05) is 6.07 Å². The Kier molecular flexibility index (Phi) is 5.76. The van der Waals surface area contributed by atoms with Crippen molar-refractivity contribution in [2.75, 3.05) is 11.9 Å². The molecule has 4 heterocycles. The number of nitrogens with zero attached hydrogens (tertiary/aromatic N) is 5. The normalized spacial score (nSPS) is 22.0. The van der Waals surface area contributed by atoms with Crippen LogP contribution in [0, 0.1) is 0 Å². The second kappa shape index (κ2) is 8.62. The minimum atomic E-state index is -0.395. The Bertz CT molecular complexity index is 1250. The summed E-state index contributed by atoms with van der Waals surface area (Å²) < 4.78 is 1.45. The lowest BCUT2D eigenvalue weighted by atomic mass is 9.49. The van der Waals surface area contributed by atoms with E-state index in [1.165, 1.54) is 17.5 Å². The fourth-order valence-electron chi connectivity index (χ4n) is 5.19. The largest absolute Gasteiger partial charge is 0.507 e. The molecule has 2 aliphatic rings. The lowest BCUT2D eigenvalue weighted by Gasteiger charge is -2.36. The number of phenolic OH excluding ortho intramolecular Hbond substituents is 1. The highest BCUT2D eigenvalue weighted by molar-refractivity contribution is 6.56. The summed E-state index contributed by atoms with van der Waals surface area (Å²) in [5.74, 6) is 0.930. The Morgan fingerprint density at radius 3 is 2.38 bits per heavy atom. The average molecular weight is 454 g/mol. The Hall–Kier alpha value is -3.07. The van der Waals surface area contributed by atoms with Crippen LogP contribution in [0.4, 0.5) is 5.82 Å². The van der Waals surface area contributed by atoms with Gasteiger partial charge in [-0.15, -0.1) is 10.2 Å². The number of hydrogen-bond donors (Lipinski definition) is 2. The summed E-state index contributed by atoms with van der Waals surface area (Å²) in [6.07, 6.45) is 6.45. The first-order chi connectivity index (χ1) is 16.2. The molecule has 0 amide bonds. The molecule has 1 unspecified atom stereocenters. The molecule has 11 heteroatoms. The lowest BCUT2D eigenvalue weighted by molar-refractivity contribution is 0.353. The highest BCUT2D eigenvalue weighted by Gasteiger charge is 2.35. The van der Waals surface area contributed by atoms with Crippen LogP contribution in [0.15, 0.2) is 47.4 Å². The molecule has 8 nitrogen and oxygen atoms in total. The van der Waals surface area contributed by atoms with Crippen LogP contribution in [-0.2, 0) is 5.24 Å². The predicted molar refractivity (Wildman–Crippen MR) is 142 cm³/mol. The van der Waals surface area contributed by atoms with E-state index < -0.39 is 5.24 Å². The van der Waals surface area contributed by atoms with Crippen molar-refractivity contribution < 1.29 is 5.11 Å². The van der Waals surface area contributed by atoms with Crippen LogP contribution >= 0.6 is 0 Å². The van der Waals surface area contributed by atoms with Crippen LogP contribution in [0.2, 0.25) is 0 Å². The van der Waals surface area contributed by atoms with E-state index >= 15 is 0 Å². The van der Waals surface area contributed by atoms with Crippen molar-refractivity contribution in [3.63, 3.8) is 0 Å². The first kappa shape index (κ1) is 22.7. The maximum absolute atomic E-state index is 12.5. The van der Waals surface area contributed by atoms with E-state index in [0.717, 1.165) is 24.2 Å². The number of rotatable bonds is 5. The third kappa shape index (κ3) is 4.36. The van der Waals surface area contributed by atoms with Crippen LogP contribution < -0.4 is 15.8 Å². The van der Waals surface area contributed by atoms with Crippen LogP contribution in [-0.4, -0.2) is 73.8 Å². The molecule has 2 N–H and O–H groups in total. The molecule has 2 bridgehead atoms. The molecule has 34 heavy (non-hydrogen) atoms. The summed E-state index contributed by atoms with van der Waals surface area (Å²) >= 11 is 0. The second-order valence-electron chi connectivity index (χ2n) is 10.5. The van der Waals surface area contributed by atoms with Gasteiger partial charge in [-0.25, -0.2) is 4.68 Å². The highest BCUT2D eigenvalue weighted by atomic mass is 16.3.